The summed E-state index contributed by atoms with van der Waals surface area (Å²) < 4.78 is 43.0. The number of hydrogen-bond acceptors (Lipinski definition) is 3. The van der Waals surface area contributed by atoms with E-state index in [-0.39, 0.29) is 36.5 Å². The number of rotatable bonds is 1. The summed E-state index contributed by atoms with van der Waals surface area (Å²) in [5.74, 6) is 0. The maximum atomic E-state index is 9.34. The Bertz CT molecular complexity index is 170. The predicted molar refractivity (Wildman–Crippen MR) is 27.0 cm³/mol. The first-order valence-corrected chi connectivity index (χ1v) is 4.10. The molecule has 0 aromatic heterocycles. The summed E-state index contributed by atoms with van der Waals surface area (Å²) in [6.45, 7) is 0. The van der Waals surface area contributed by atoms with Gasteiger partial charge in [0.15, 0.2) is 0 Å². The van der Waals surface area contributed by atoms with Gasteiger partial charge in [0.25, 0.3) is 0 Å². The van der Waals surface area contributed by atoms with Crippen LogP contribution in [0.3, 0.4) is 0 Å². The minimum Gasteiger partial charge on any atom is -1.00 e. The van der Waals surface area contributed by atoms with E-state index in [1.54, 1.807) is 0 Å². The molecule has 0 fully saturated rings. The van der Waals surface area contributed by atoms with E-state index in [2.05, 4.69) is 0 Å². The van der Waals surface area contributed by atoms with Crippen molar-refractivity contribution >= 4 is 19.3 Å². The van der Waals surface area contributed by atoms with E-state index in [1.165, 1.54) is 0 Å². The molecule has 0 aromatic carbocycles. The van der Waals surface area contributed by atoms with Crippen molar-refractivity contribution in [1.82, 2.24) is 0 Å². The second-order valence-corrected chi connectivity index (χ2v) is 4.05. The van der Waals surface area contributed by atoms with E-state index in [1.807, 2.05) is 0 Å². The molecular weight excluding hydrogens is 183 g/mol. The molecule has 0 aliphatic rings. The third-order valence-corrected chi connectivity index (χ3v) is 1.62. The van der Waals surface area contributed by atoms with Gasteiger partial charge in [0.2, 0.25) is 0 Å². The van der Waals surface area contributed by atoms with Gasteiger partial charge in [-0.2, -0.15) is 8.42 Å². The normalized spacial score (nSPS) is 12.7. The smallest absolute Gasteiger partial charge is 1.00 e. The second-order valence-electron chi connectivity index (χ2n) is 0.645. The third-order valence-electron chi connectivity index (χ3n) is 0.180. The molecule has 0 radical (unpaired) electrons. The van der Waals surface area contributed by atoms with Gasteiger partial charge in [-0.1, -0.05) is 0 Å². The van der Waals surface area contributed by atoms with Crippen LogP contribution in [0.25, 0.3) is 0 Å². The summed E-state index contributed by atoms with van der Waals surface area (Å²) in [6, 6.07) is 0. The van der Waals surface area contributed by atoms with Crippen LogP contribution >= 0.6 is 0 Å². The van der Waals surface area contributed by atoms with E-state index < -0.39 is 19.3 Å². The second kappa shape index (κ2) is 5.74. The molecule has 4 N–H and O–H groups in total. The molecule has 0 spiro atoms. The molecule has 1 unspecified atom stereocenters. The van der Waals surface area contributed by atoms with E-state index in [4.69, 9.17) is 9.11 Å². The van der Waals surface area contributed by atoms with Crippen molar-refractivity contribution < 1.29 is 58.2 Å². The van der Waals surface area contributed by atoms with Gasteiger partial charge >= 0.3 is 48.8 Å². The Balaban J connectivity index is -0.0000000600. The maximum Gasteiger partial charge on any atom is 1.00 e. The molecule has 0 aliphatic heterocycles. The third kappa shape index (κ3) is 8.98. The zero-order valence-corrected chi connectivity index (χ0v) is 8.07. The molecule has 0 rings (SSSR count). The van der Waals surface area contributed by atoms with Gasteiger partial charge in [-0.05, 0) is 0 Å². The van der Waals surface area contributed by atoms with Crippen LogP contribution in [0.1, 0.15) is 1.43 Å². The summed E-state index contributed by atoms with van der Waals surface area (Å²) in [5.41, 5.74) is 0. The summed E-state index contributed by atoms with van der Waals surface area (Å²) >= 11 is 0. The fraction of sp³-hybridized carbons (Fsp3) is 0. The van der Waals surface area contributed by atoms with Crippen LogP contribution in [0.4, 0.5) is 0 Å². The van der Waals surface area contributed by atoms with Crippen molar-refractivity contribution in [3.63, 3.8) is 0 Å². The Kier molecular flexibility index (Phi) is 10.5. The monoisotopic (exact) mass is 188 g/mol. The zero-order valence-electron chi connectivity index (χ0n) is 5.44. The molecular formula is H5NaO6S2. The van der Waals surface area contributed by atoms with E-state index in [9.17, 15) is 12.6 Å². The van der Waals surface area contributed by atoms with Gasteiger partial charge in [0, 0.05) is 0 Å². The minimum absolute atomic E-state index is 0. The van der Waals surface area contributed by atoms with Crippen LogP contribution < -0.4 is 29.6 Å². The molecule has 0 saturated heterocycles. The summed E-state index contributed by atoms with van der Waals surface area (Å²) in [4.78, 5) is 0. The van der Waals surface area contributed by atoms with Crippen molar-refractivity contribution in [1.29, 1.82) is 0 Å². The van der Waals surface area contributed by atoms with E-state index >= 15 is 0 Å². The first-order chi connectivity index (χ1) is 2.94. The van der Waals surface area contributed by atoms with Gasteiger partial charge in [-0.15, -0.1) is 0 Å². The SMILES string of the molecule is O.O=S(O)S(=O)(=O)O.[H-].[Na+]. The molecule has 0 amide bonds. The van der Waals surface area contributed by atoms with Crippen LogP contribution in [0.2, 0.25) is 0 Å². The molecule has 6 nitrogen and oxygen atoms in total. The molecule has 0 heterocycles. The first-order valence-electron chi connectivity index (χ1n) is 1.03. The summed E-state index contributed by atoms with van der Waals surface area (Å²) in [6.07, 6.45) is 0. The predicted octanol–water partition coefficient (Wildman–Crippen LogP) is -4.70. The van der Waals surface area contributed by atoms with Gasteiger partial charge in [0.1, 0.15) is 0 Å². The summed E-state index contributed by atoms with van der Waals surface area (Å²) in [5, 5.41) is 0. The van der Waals surface area contributed by atoms with Gasteiger partial charge < -0.3 is 6.90 Å². The fourth-order valence-electron chi connectivity index (χ4n) is 0. The quantitative estimate of drug-likeness (QED) is 0.185. The molecule has 54 valence electrons. The molecule has 9 heavy (non-hydrogen) atoms. The first kappa shape index (κ1) is 16.5. The van der Waals surface area contributed by atoms with Crippen molar-refractivity contribution in [3.8, 4) is 0 Å². The van der Waals surface area contributed by atoms with Crippen molar-refractivity contribution in [3.05, 3.63) is 0 Å². The number of hydrogen-bond donors (Lipinski definition) is 2. The van der Waals surface area contributed by atoms with Gasteiger partial charge in [-0.3, -0.25) is 9.11 Å². The standard InChI is InChI=1S/Na.H2O5S2.H2O.H/c;1-6(2)7(3,4)5;;/h;(H,1,2)(H,3,4,5);1H2;/q+1;;;-1. The Morgan fingerprint density at radius 2 is 1.56 bits per heavy atom. The van der Waals surface area contributed by atoms with Crippen LogP contribution in [0.15, 0.2) is 0 Å². The summed E-state index contributed by atoms with van der Waals surface area (Å²) in [7, 11) is -7.87. The average Bonchev–Trinajstić information content (AvgIpc) is 1.31. The minimum atomic E-state index is -4.71. The Morgan fingerprint density at radius 1 is 1.44 bits per heavy atom. The Labute approximate surface area is 77.2 Å². The molecule has 0 saturated carbocycles. The maximum absolute atomic E-state index is 9.34. The van der Waals surface area contributed by atoms with Crippen LogP contribution in [0, 0.1) is 0 Å². The molecule has 0 bridgehead atoms. The topological polar surface area (TPSA) is 123 Å². The molecule has 0 aromatic rings. The molecule has 1 atom stereocenters. The average molecular weight is 188 g/mol. The largest absolute Gasteiger partial charge is 1.00 e. The van der Waals surface area contributed by atoms with Crippen LogP contribution in [-0.2, 0) is 19.3 Å². The van der Waals surface area contributed by atoms with Gasteiger partial charge in [0.05, 0.1) is 0 Å². The van der Waals surface area contributed by atoms with E-state index in [0.717, 1.165) is 0 Å². The van der Waals surface area contributed by atoms with Crippen LogP contribution in [-0.4, -0.2) is 27.2 Å². The van der Waals surface area contributed by atoms with Gasteiger partial charge in [-0.25, -0.2) is 4.21 Å². The Hall–Kier alpha value is 0.980. The fourth-order valence-corrected chi connectivity index (χ4v) is 0. The van der Waals surface area contributed by atoms with Crippen LogP contribution in [0.5, 0.6) is 0 Å². The molecule has 0 aliphatic carbocycles. The Morgan fingerprint density at radius 3 is 1.56 bits per heavy atom. The van der Waals surface area contributed by atoms with Crippen molar-refractivity contribution in [2.75, 3.05) is 0 Å². The van der Waals surface area contributed by atoms with Crippen molar-refractivity contribution in [2.45, 2.75) is 0 Å². The van der Waals surface area contributed by atoms with Crippen molar-refractivity contribution in [2.24, 2.45) is 0 Å². The van der Waals surface area contributed by atoms with E-state index in [0.29, 0.717) is 0 Å². The zero-order chi connectivity index (χ0) is 6.08. The molecule has 9 heteroatoms.